The van der Waals surface area contributed by atoms with Crippen molar-refractivity contribution in [3.63, 3.8) is 0 Å². The van der Waals surface area contributed by atoms with E-state index in [-0.39, 0.29) is 22.2 Å². The minimum atomic E-state index is -0.654. The van der Waals surface area contributed by atoms with Crippen molar-refractivity contribution in [1.29, 1.82) is 0 Å². The van der Waals surface area contributed by atoms with Gasteiger partial charge in [0.25, 0.3) is 11.6 Å². The number of thiazole rings is 1. The number of carbonyl (C=O) groups excluding carboxylic acids is 2. The molecule has 0 radical (unpaired) electrons. The molecule has 0 fully saturated rings. The van der Waals surface area contributed by atoms with Crippen LogP contribution in [0.15, 0.2) is 41.8 Å². The molecule has 0 spiro atoms. The first kappa shape index (κ1) is 21.0. The van der Waals surface area contributed by atoms with Crippen LogP contribution in [0.4, 0.5) is 16.5 Å². The van der Waals surface area contributed by atoms with Gasteiger partial charge in [-0.15, -0.1) is 11.3 Å². The molecule has 0 aliphatic carbocycles. The minimum absolute atomic E-state index is 0.0236. The number of nitro groups is 1. The fourth-order valence-corrected chi connectivity index (χ4v) is 4.49. The van der Waals surface area contributed by atoms with Crippen LogP contribution in [0.25, 0.3) is 11.3 Å². The van der Waals surface area contributed by atoms with Gasteiger partial charge in [-0.05, 0) is 43.7 Å². The van der Waals surface area contributed by atoms with E-state index in [1.54, 1.807) is 17.3 Å². The summed E-state index contributed by atoms with van der Waals surface area (Å²) in [6.45, 7) is 3.76. The summed E-state index contributed by atoms with van der Waals surface area (Å²) in [5, 5.41) is 16.1. The molecule has 1 aliphatic rings. The molecule has 0 atom stereocenters. The van der Waals surface area contributed by atoms with Crippen molar-refractivity contribution >= 4 is 51.3 Å². The SMILES string of the molecule is CN1C(=O)C(C)(C)c2cc(-c3csc(NC(=O)c4ccc(Cl)cc4[N+](=O)[O-])n3)ccc21. The Morgan fingerprint density at radius 3 is 2.71 bits per heavy atom. The number of likely N-dealkylation sites (N-methyl/N-ethyl adjacent to an activating group) is 1. The highest BCUT2D eigenvalue weighted by Gasteiger charge is 2.42. The van der Waals surface area contributed by atoms with Gasteiger partial charge in [0.2, 0.25) is 5.91 Å². The van der Waals surface area contributed by atoms with E-state index in [2.05, 4.69) is 10.3 Å². The summed E-state index contributed by atoms with van der Waals surface area (Å²) < 4.78 is 0. The van der Waals surface area contributed by atoms with Crippen molar-refractivity contribution in [3.05, 3.63) is 68.0 Å². The maximum absolute atomic E-state index is 12.6. The van der Waals surface area contributed by atoms with Crippen LogP contribution in [0.2, 0.25) is 5.02 Å². The highest BCUT2D eigenvalue weighted by Crippen LogP contribution is 2.42. The van der Waals surface area contributed by atoms with Crippen molar-refractivity contribution in [2.75, 3.05) is 17.3 Å². The summed E-state index contributed by atoms with van der Waals surface area (Å²) in [5.74, 6) is -0.623. The van der Waals surface area contributed by atoms with Gasteiger partial charge in [0.05, 0.1) is 16.0 Å². The number of fused-ring (bicyclic) bond motifs is 1. The number of anilines is 2. The average Bonchev–Trinajstić information content (AvgIpc) is 3.25. The van der Waals surface area contributed by atoms with Crippen LogP contribution in [0, 0.1) is 10.1 Å². The van der Waals surface area contributed by atoms with E-state index in [4.69, 9.17) is 11.6 Å². The molecule has 0 saturated heterocycles. The van der Waals surface area contributed by atoms with Crippen LogP contribution in [0.3, 0.4) is 0 Å². The lowest BCUT2D eigenvalue weighted by molar-refractivity contribution is -0.385. The maximum Gasteiger partial charge on any atom is 0.283 e. The molecule has 2 heterocycles. The van der Waals surface area contributed by atoms with E-state index in [1.807, 2.05) is 32.0 Å². The van der Waals surface area contributed by atoms with Crippen molar-refractivity contribution in [3.8, 4) is 11.3 Å². The summed E-state index contributed by atoms with van der Waals surface area (Å²) in [6, 6.07) is 9.54. The molecule has 1 aliphatic heterocycles. The lowest BCUT2D eigenvalue weighted by atomic mass is 9.85. The molecule has 158 valence electrons. The molecule has 0 saturated carbocycles. The van der Waals surface area contributed by atoms with E-state index in [1.165, 1.54) is 23.5 Å². The molecule has 0 bridgehead atoms. The summed E-state index contributed by atoms with van der Waals surface area (Å²) in [4.78, 5) is 41.7. The third-order valence-electron chi connectivity index (χ3n) is 5.29. The van der Waals surface area contributed by atoms with E-state index < -0.39 is 16.2 Å². The second kappa shape index (κ2) is 7.44. The monoisotopic (exact) mass is 456 g/mol. The Morgan fingerprint density at radius 2 is 2.00 bits per heavy atom. The zero-order chi connectivity index (χ0) is 22.5. The first-order valence-corrected chi connectivity index (χ1v) is 10.5. The minimum Gasteiger partial charge on any atom is -0.314 e. The van der Waals surface area contributed by atoms with Crippen LogP contribution >= 0.6 is 22.9 Å². The molecular formula is C21H17ClN4O4S. The largest absolute Gasteiger partial charge is 0.314 e. The summed E-state index contributed by atoms with van der Waals surface area (Å²) >= 11 is 7.01. The summed E-state index contributed by atoms with van der Waals surface area (Å²) in [5.41, 5.74) is 2.09. The van der Waals surface area contributed by atoms with Crippen molar-refractivity contribution in [2.24, 2.45) is 0 Å². The second-order valence-electron chi connectivity index (χ2n) is 7.63. The average molecular weight is 457 g/mol. The Labute approximate surface area is 186 Å². The number of hydrogen-bond donors (Lipinski definition) is 1. The number of rotatable bonds is 4. The van der Waals surface area contributed by atoms with Crippen molar-refractivity contribution in [1.82, 2.24) is 4.98 Å². The van der Waals surface area contributed by atoms with E-state index in [0.29, 0.717) is 10.8 Å². The fourth-order valence-electron chi connectivity index (χ4n) is 3.61. The van der Waals surface area contributed by atoms with Gasteiger partial charge in [0, 0.05) is 34.8 Å². The number of amides is 2. The highest BCUT2D eigenvalue weighted by molar-refractivity contribution is 7.14. The Bertz CT molecular complexity index is 1250. The number of benzene rings is 2. The van der Waals surface area contributed by atoms with Crippen molar-refractivity contribution in [2.45, 2.75) is 19.3 Å². The molecule has 0 unspecified atom stereocenters. The first-order chi connectivity index (χ1) is 14.6. The molecule has 1 N–H and O–H groups in total. The Hall–Kier alpha value is -3.30. The lowest BCUT2D eigenvalue weighted by Gasteiger charge is -2.16. The quantitative estimate of drug-likeness (QED) is 0.445. The van der Waals surface area contributed by atoms with Crippen LogP contribution in [-0.2, 0) is 10.2 Å². The molecule has 2 amide bonds. The van der Waals surface area contributed by atoms with Gasteiger partial charge in [-0.25, -0.2) is 4.98 Å². The molecular weight excluding hydrogens is 440 g/mol. The number of aromatic nitrogens is 1. The van der Waals surface area contributed by atoms with Gasteiger partial charge in [-0.2, -0.15) is 0 Å². The summed E-state index contributed by atoms with van der Waals surface area (Å²) in [6.07, 6.45) is 0. The van der Waals surface area contributed by atoms with Crippen molar-refractivity contribution < 1.29 is 14.5 Å². The van der Waals surface area contributed by atoms with Gasteiger partial charge >= 0.3 is 0 Å². The molecule has 1 aromatic heterocycles. The molecule has 4 rings (SSSR count). The number of nitrogens with one attached hydrogen (secondary N) is 1. The van der Waals surface area contributed by atoms with Gasteiger partial charge in [-0.3, -0.25) is 25.0 Å². The standard InChI is InChI=1S/C21H17ClN4O4S/c1-21(2)14-8-11(4-7-16(14)25(3)19(21)28)15-10-31-20(23-15)24-18(27)13-6-5-12(22)9-17(13)26(29)30/h4-10H,1-3H3,(H,23,24,27). The second-order valence-corrected chi connectivity index (χ2v) is 8.93. The van der Waals surface area contributed by atoms with Gasteiger partial charge < -0.3 is 4.90 Å². The molecule has 3 aromatic rings. The van der Waals surface area contributed by atoms with Gasteiger partial charge in [-0.1, -0.05) is 17.7 Å². The zero-order valence-electron chi connectivity index (χ0n) is 16.8. The number of carbonyl (C=O) groups is 2. The maximum atomic E-state index is 12.6. The number of halogens is 1. The van der Waals surface area contributed by atoms with E-state index >= 15 is 0 Å². The van der Waals surface area contributed by atoms with E-state index in [9.17, 15) is 19.7 Å². The topological polar surface area (TPSA) is 105 Å². The predicted molar refractivity (Wildman–Crippen MR) is 120 cm³/mol. The smallest absolute Gasteiger partial charge is 0.283 e. The number of hydrogen-bond acceptors (Lipinski definition) is 6. The fraction of sp³-hybridized carbons (Fsp3) is 0.190. The summed E-state index contributed by atoms with van der Waals surface area (Å²) in [7, 11) is 1.75. The molecule has 10 heteroatoms. The predicted octanol–water partition coefficient (Wildman–Crippen LogP) is 4.88. The van der Waals surface area contributed by atoms with Crippen LogP contribution < -0.4 is 10.2 Å². The molecule has 2 aromatic carbocycles. The Morgan fingerprint density at radius 1 is 1.26 bits per heavy atom. The first-order valence-electron chi connectivity index (χ1n) is 9.23. The third kappa shape index (κ3) is 3.55. The third-order valence-corrected chi connectivity index (χ3v) is 6.28. The number of nitrogens with zero attached hydrogens (tertiary/aromatic N) is 3. The molecule has 31 heavy (non-hydrogen) atoms. The van der Waals surface area contributed by atoms with Gasteiger partial charge in [0.15, 0.2) is 5.13 Å². The van der Waals surface area contributed by atoms with Crippen LogP contribution in [0.5, 0.6) is 0 Å². The Balaban J connectivity index is 1.61. The highest BCUT2D eigenvalue weighted by atomic mass is 35.5. The lowest BCUT2D eigenvalue weighted by Crippen LogP contribution is -2.33. The van der Waals surface area contributed by atoms with Crippen LogP contribution in [0.1, 0.15) is 29.8 Å². The molecule has 8 nitrogen and oxygen atoms in total. The normalized spacial score (nSPS) is 14.5. The zero-order valence-corrected chi connectivity index (χ0v) is 18.4. The van der Waals surface area contributed by atoms with Crippen LogP contribution in [-0.4, -0.2) is 28.8 Å². The number of nitro benzene ring substituents is 1. The van der Waals surface area contributed by atoms with E-state index in [0.717, 1.165) is 22.9 Å². The van der Waals surface area contributed by atoms with Gasteiger partial charge in [0.1, 0.15) is 5.56 Å². The Kier molecular flexibility index (Phi) is 5.03.